The van der Waals surface area contributed by atoms with E-state index in [1.807, 2.05) is 37.3 Å². The molecule has 0 saturated carbocycles. The molecule has 0 bridgehead atoms. The van der Waals surface area contributed by atoms with Crippen molar-refractivity contribution in [1.29, 1.82) is 0 Å². The Morgan fingerprint density at radius 3 is 2.70 bits per heavy atom. The predicted molar refractivity (Wildman–Crippen MR) is 83.7 cm³/mol. The van der Waals surface area contributed by atoms with E-state index in [4.69, 9.17) is 10.3 Å². The van der Waals surface area contributed by atoms with Crippen LogP contribution in [0.25, 0.3) is 11.5 Å². The number of aryl methyl sites for hydroxylation is 1. The van der Waals surface area contributed by atoms with Crippen LogP contribution in [0.15, 0.2) is 39.3 Å². The molecule has 4 nitrogen and oxygen atoms in total. The van der Waals surface area contributed by atoms with E-state index < -0.39 is 0 Å². The number of benzene rings is 1. The first-order valence-electron chi connectivity index (χ1n) is 6.05. The Hall–Kier alpha value is -1.66. The average molecular weight is 350 g/mol. The van der Waals surface area contributed by atoms with E-state index in [1.165, 1.54) is 11.3 Å². The summed E-state index contributed by atoms with van der Waals surface area (Å²) in [5.74, 6) is 1.14. The fourth-order valence-electron chi connectivity index (χ4n) is 1.92. The smallest absolute Gasteiger partial charge is 0.260 e. The molecule has 0 radical (unpaired) electrons. The zero-order valence-corrected chi connectivity index (χ0v) is 13.2. The first-order valence-corrected chi connectivity index (χ1v) is 7.66. The highest BCUT2D eigenvalue weighted by Crippen LogP contribution is 2.32. The summed E-state index contributed by atoms with van der Waals surface area (Å²) in [6.07, 6.45) is 0.639. The summed E-state index contributed by atoms with van der Waals surface area (Å²) in [6.45, 7) is 2.00. The number of hydrogen-bond donors (Lipinski definition) is 1. The maximum absolute atomic E-state index is 5.94. The molecule has 3 aromatic rings. The van der Waals surface area contributed by atoms with Crippen LogP contribution in [-0.4, -0.2) is 10.1 Å². The van der Waals surface area contributed by atoms with Crippen molar-refractivity contribution in [2.75, 3.05) is 5.73 Å². The highest BCUT2D eigenvalue weighted by molar-refractivity contribution is 9.10. The predicted octanol–water partition coefficient (Wildman–Crippen LogP) is 4.04. The number of nitrogens with two attached hydrogens (primary N) is 1. The van der Waals surface area contributed by atoms with Crippen molar-refractivity contribution in [1.82, 2.24) is 10.1 Å². The second kappa shape index (κ2) is 5.38. The van der Waals surface area contributed by atoms with Crippen LogP contribution in [0.5, 0.6) is 0 Å². The van der Waals surface area contributed by atoms with Gasteiger partial charge in [0.1, 0.15) is 0 Å². The lowest BCUT2D eigenvalue weighted by Crippen LogP contribution is -1.90. The molecule has 0 amide bonds. The van der Waals surface area contributed by atoms with Gasteiger partial charge in [0.2, 0.25) is 0 Å². The lowest BCUT2D eigenvalue weighted by atomic mass is 10.1. The van der Waals surface area contributed by atoms with Crippen LogP contribution in [0.3, 0.4) is 0 Å². The van der Waals surface area contributed by atoms with Crippen LogP contribution in [-0.2, 0) is 6.42 Å². The van der Waals surface area contributed by atoms with Gasteiger partial charge in [-0.05, 0) is 30.7 Å². The summed E-state index contributed by atoms with van der Waals surface area (Å²) in [5, 5.41) is 4.72. The molecular formula is C14H12BrN3OS. The van der Waals surface area contributed by atoms with Crippen molar-refractivity contribution in [3.8, 4) is 11.5 Å². The van der Waals surface area contributed by atoms with E-state index in [1.54, 1.807) is 0 Å². The van der Waals surface area contributed by atoms with Gasteiger partial charge < -0.3 is 10.3 Å². The molecule has 0 aliphatic rings. The number of nitrogens with zero attached hydrogens (tertiary/aromatic N) is 2. The Morgan fingerprint density at radius 2 is 2.05 bits per heavy atom. The van der Waals surface area contributed by atoms with Gasteiger partial charge in [-0.1, -0.05) is 33.2 Å². The molecule has 0 spiro atoms. The minimum Gasteiger partial charge on any atom is -0.390 e. The lowest BCUT2D eigenvalue weighted by molar-refractivity contribution is 0.424. The molecule has 2 heterocycles. The van der Waals surface area contributed by atoms with Gasteiger partial charge in [-0.25, -0.2) is 0 Å². The normalized spacial score (nSPS) is 10.9. The standard InChI is InChI=1S/C14H12BrN3OS/c1-8-6-11(13(16)20-8)14-17-12(18-19-14)7-9-2-4-10(15)5-3-9/h2-6H,7,16H2,1H3. The zero-order chi connectivity index (χ0) is 14.1. The summed E-state index contributed by atoms with van der Waals surface area (Å²) in [6, 6.07) is 10.0. The molecule has 6 heteroatoms. The molecule has 0 unspecified atom stereocenters. The molecule has 1 aromatic carbocycles. The van der Waals surface area contributed by atoms with Gasteiger partial charge in [-0.3, -0.25) is 0 Å². The summed E-state index contributed by atoms with van der Waals surface area (Å²) in [5.41, 5.74) is 7.89. The second-order valence-electron chi connectivity index (χ2n) is 4.45. The number of nitrogen functional groups attached to an aromatic ring is 1. The molecule has 0 fully saturated rings. The van der Waals surface area contributed by atoms with Crippen LogP contribution >= 0.6 is 27.3 Å². The van der Waals surface area contributed by atoms with Crippen molar-refractivity contribution >= 4 is 32.3 Å². The number of hydrogen-bond acceptors (Lipinski definition) is 5. The van der Waals surface area contributed by atoms with E-state index >= 15 is 0 Å². The monoisotopic (exact) mass is 349 g/mol. The largest absolute Gasteiger partial charge is 0.390 e. The Balaban J connectivity index is 1.83. The first-order chi connectivity index (χ1) is 9.61. The van der Waals surface area contributed by atoms with E-state index in [0.29, 0.717) is 23.1 Å². The molecular weight excluding hydrogens is 338 g/mol. The zero-order valence-electron chi connectivity index (χ0n) is 10.8. The van der Waals surface area contributed by atoms with Crippen molar-refractivity contribution in [3.05, 3.63) is 51.1 Å². The van der Waals surface area contributed by atoms with Crippen LogP contribution in [0.2, 0.25) is 0 Å². The van der Waals surface area contributed by atoms with E-state index in [-0.39, 0.29) is 0 Å². The topological polar surface area (TPSA) is 64.9 Å². The number of halogens is 1. The Bertz CT molecular complexity index is 733. The Morgan fingerprint density at radius 1 is 1.30 bits per heavy atom. The van der Waals surface area contributed by atoms with Gasteiger partial charge >= 0.3 is 0 Å². The first kappa shape index (κ1) is 13.3. The molecule has 0 atom stereocenters. The third-order valence-electron chi connectivity index (χ3n) is 2.86. The van der Waals surface area contributed by atoms with E-state index in [2.05, 4.69) is 26.1 Å². The maximum Gasteiger partial charge on any atom is 0.260 e. The third-order valence-corrected chi connectivity index (χ3v) is 4.27. The third kappa shape index (κ3) is 2.76. The molecule has 102 valence electrons. The number of rotatable bonds is 3. The van der Waals surface area contributed by atoms with Gasteiger partial charge in [0.15, 0.2) is 5.82 Å². The van der Waals surface area contributed by atoms with E-state index in [0.717, 1.165) is 20.5 Å². The quantitative estimate of drug-likeness (QED) is 0.774. The SMILES string of the molecule is Cc1cc(-c2nc(Cc3ccc(Br)cc3)no2)c(N)s1. The van der Waals surface area contributed by atoms with Gasteiger partial charge in [0.25, 0.3) is 5.89 Å². The number of anilines is 1. The van der Waals surface area contributed by atoms with Gasteiger partial charge in [0, 0.05) is 15.8 Å². The molecule has 0 aliphatic heterocycles. The summed E-state index contributed by atoms with van der Waals surface area (Å²) >= 11 is 4.94. The van der Waals surface area contributed by atoms with Crippen LogP contribution < -0.4 is 5.73 Å². The minimum absolute atomic E-state index is 0.485. The fraction of sp³-hybridized carbons (Fsp3) is 0.143. The molecule has 3 rings (SSSR count). The Kier molecular flexibility index (Phi) is 3.58. The molecule has 2 aromatic heterocycles. The molecule has 2 N–H and O–H groups in total. The summed E-state index contributed by atoms with van der Waals surface area (Å²) in [7, 11) is 0. The van der Waals surface area contributed by atoms with Crippen molar-refractivity contribution in [2.45, 2.75) is 13.3 Å². The van der Waals surface area contributed by atoms with E-state index in [9.17, 15) is 0 Å². The van der Waals surface area contributed by atoms with Crippen molar-refractivity contribution in [2.24, 2.45) is 0 Å². The highest BCUT2D eigenvalue weighted by atomic mass is 79.9. The van der Waals surface area contributed by atoms with Gasteiger partial charge in [-0.2, -0.15) is 4.98 Å². The van der Waals surface area contributed by atoms with Crippen LogP contribution in [0.1, 0.15) is 16.3 Å². The summed E-state index contributed by atoms with van der Waals surface area (Å²) < 4.78 is 6.35. The highest BCUT2D eigenvalue weighted by Gasteiger charge is 2.14. The lowest BCUT2D eigenvalue weighted by Gasteiger charge is -1.96. The summed E-state index contributed by atoms with van der Waals surface area (Å²) in [4.78, 5) is 5.54. The van der Waals surface area contributed by atoms with Crippen molar-refractivity contribution in [3.63, 3.8) is 0 Å². The number of thiophene rings is 1. The molecule has 0 aliphatic carbocycles. The maximum atomic E-state index is 5.94. The molecule has 0 saturated heterocycles. The minimum atomic E-state index is 0.485. The average Bonchev–Trinajstić information content (AvgIpc) is 2.99. The van der Waals surface area contributed by atoms with Gasteiger partial charge in [-0.15, -0.1) is 11.3 Å². The van der Waals surface area contributed by atoms with Crippen LogP contribution in [0, 0.1) is 6.92 Å². The second-order valence-corrected chi connectivity index (χ2v) is 6.66. The fourth-order valence-corrected chi connectivity index (χ4v) is 2.96. The van der Waals surface area contributed by atoms with Crippen LogP contribution in [0.4, 0.5) is 5.00 Å². The van der Waals surface area contributed by atoms with Crippen molar-refractivity contribution < 1.29 is 4.52 Å². The number of aromatic nitrogens is 2. The van der Waals surface area contributed by atoms with Gasteiger partial charge in [0.05, 0.1) is 10.6 Å². The Labute approximate surface area is 128 Å². The molecule has 20 heavy (non-hydrogen) atoms.